The minimum Gasteiger partial charge on any atom is -0.384 e. The number of nitrogens with zero attached hydrogens (tertiary/aromatic N) is 1. The third kappa shape index (κ3) is 4.71. The largest absolute Gasteiger partial charge is 0.384 e. The van der Waals surface area contributed by atoms with Crippen LogP contribution in [0.1, 0.15) is 13.8 Å². The van der Waals surface area contributed by atoms with Crippen LogP contribution in [0, 0.1) is 5.92 Å². The van der Waals surface area contributed by atoms with Gasteiger partial charge in [0.1, 0.15) is 5.82 Å². The molecule has 0 spiro atoms. The minimum atomic E-state index is -3.62. The molecule has 1 aromatic carbocycles. The third-order valence-corrected chi connectivity index (χ3v) is 4.74. The van der Waals surface area contributed by atoms with Gasteiger partial charge in [0, 0.05) is 11.0 Å². The highest BCUT2D eigenvalue weighted by molar-refractivity contribution is 9.10. The zero-order chi connectivity index (χ0) is 16.2. The van der Waals surface area contributed by atoms with Crippen LogP contribution in [0.3, 0.4) is 0 Å². The molecule has 0 atom stereocenters. The fourth-order valence-electron chi connectivity index (χ4n) is 1.69. The van der Waals surface area contributed by atoms with E-state index in [0.29, 0.717) is 5.92 Å². The van der Waals surface area contributed by atoms with Crippen LogP contribution in [0.25, 0.3) is 0 Å². The molecule has 7 heteroatoms. The van der Waals surface area contributed by atoms with Crippen molar-refractivity contribution in [3.8, 4) is 0 Å². The van der Waals surface area contributed by atoms with Crippen molar-refractivity contribution in [3.63, 3.8) is 0 Å². The molecule has 0 amide bonds. The summed E-state index contributed by atoms with van der Waals surface area (Å²) < 4.78 is 27.7. The van der Waals surface area contributed by atoms with Crippen molar-refractivity contribution in [1.29, 1.82) is 0 Å². The van der Waals surface area contributed by atoms with Crippen molar-refractivity contribution >= 4 is 37.5 Å². The van der Waals surface area contributed by atoms with Gasteiger partial charge in [0.05, 0.1) is 16.8 Å². The van der Waals surface area contributed by atoms with E-state index in [9.17, 15) is 8.42 Å². The highest BCUT2D eigenvalue weighted by Crippen LogP contribution is 2.18. The van der Waals surface area contributed by atoms with Crippen LogP contribution in [-0.2, 0) is 10.0 Å². The Morgan fingerprint density at radius 3 is 2.36 bits per heavy atom. The van der Waals surface area contributed by atoms with Gasteiger partial charge in [-0.3, -0.25) is 4.72 Å². The molecule has 118 valence electrons. The Kier molecular flexibility index (Phi) is 5.42. The number of hydrogen-bond donors (Lipinski definition) is 2. The van der Waals surface area contributed by atoms with Crippen LogP contribution >= 0.6 is 15.9 Å². The number of pyridine rings is 1. The quantitative estimate of drug-likeness (QED) is 0.797. The fourth-order valence-corrected chi connectivity index (χ4v) is 2.96. The number of halogens is 1. The van der Waals surface area contributed by atoms with Crippen molar-refractivity contribution in [1.82, 2.24) is 4.98 Å². The molecular weight excluding hydrogens is 366 g/mol. The van der Waals surface area contributed by atoms with E-state index >= 15 is 0 Å². The van der Waals surface area contributed by atoms with Gasteiger partial charge in [-0.15, -0.1) is 0 Å². The van der Waals surface area contributed by atoms with Gasteiger partial charge in [-0.2, -0.15) is 0 Å². The zero-order valence-electron chi connectivity index (χ0n) is 12.4. The lowest BCUT2D eigenvalue weighted by Gasteiger charge is -2.10. The van der Waals surface area contributed by atoms with Crippen LogP contribution in [0.15, 0.2) is 52.0 Å². The van der Waals surface area contributed by atoms with E-state index in [2.05, 4.69) is 44.8 Å². The maximum absolute atomic E-state index is 12.2. The zero-order valence-corrected chi connectivity index (χ0v) is 14.8. The Hall–Kier alpha value is -1.60. The highest BCUT2D eigenvalue weighted by Gasteiger charge is 2.14. The molecule has 2 aromatic rings. The molecule has 0 saturated carbocycles. The molecule has 0 radical (unpaired) electrons. The topological polar surface area (TPSA) is 71.1 Å². The second-order valence-corrected chi connectivity index (χ2v) is 7.86. The molecule has 1 aromatic heterocycles. The van der Waals surface area contributed by atoms with E-state index in [1.165, 1.54) is 12.1 Å². The lowest BCUT2D eigenvalue weighted by molar-refractivity contribution is 0.601. The van der Waals surface area contributed by atoms with Crippen LogP contribution < -0.4 is 10.0 Å². The number of sulfonamides is 1. The number of nitrogens with one attached hydrogen (secondary N) is 2. The fraction of sp³-hybridized carbons (Fsp3) is 0.267. The third-order valence-electron chi connectivity index (χ3n) is 2.84. The summed E-state index contributed by atoms with van der Waals surface area (Å²) in [5.74, 6) is 0.814. The van der Waals surface area contributed by atoms with Crippen LogP contribution in [-0.4, -0.2) is 19.9 Å². The second kappa shape index (κ2) is 7.11. The first-order valence-corrected chi connectivity index (χ1v) is 9.13. The normalized spacial score (nSPS) is 11.5. The Morgan fingerprint density at radius 2 is 1.82 bits per heavy atom. The molecule has 0 aliphatic heterocycles. The summed E-state index contributed by atoms with van der Waals surface area (Å²) in [5, 5.41) is 3.23. The molecule has 22 heavy (non-hydrogen) atoms. The van der Waals surface area contributed by atoms with Crippen molar-refractivity contribution in [2.24, 2.45) is 5.92 Å². The first-order chi connectivity index (χ1) is 10.4. The van der Waals surface area contributed by atoms with Crippen LogP contribution in [0.2, 0.25) is 0 Å². The molecule has 0 unspecified atom stereocenters. The summed E-state index contributed by atoms with van der Waals surface area (Å²) in [7, 11) is -3.62. The SMILES string of the molecule is CC(C)CNc1ccc(NS(=O)(=O)c2ccc(Br)cc2)nc1. The second-order valence-electron chi connectivity index (χ2n) is 5.27. The number of benzene rings is 1. The average Bonchev–Trinajstić information content (AvgIpc) is 2.46. The van der Waals surface area contributed by atoms with E-state index in [-0.39, 0.29) is 10.7 Å². The van der Waals surface area contributed by atoms with Gasteiger partial charge < -0.3 is 5.32 Å². The number of rotatable bonds is 6. The van der Waals surface area contributed by atoms with Gasteiger partial charge in [-0.1, -0.05) is 29.8 Å². The Balaban J connectivity index is 2.08. The molecule has 0 saturated heterocycles. The monoisotopic (exact) mass is 383 g/mol. The molecule has 1 heterocycles. The summed E-state index contributed by atoms with van der Waals surface area (Å²) in [5.41, 5.74) is 0.861. The Labute approximate surface area is 139 Å². The molecular formula is C15H18BrN3O2S. The Bertz CT molecular complexity index is 713. The van der Waals surface area contributed by atoms with Gasteiger partial charge in [0.2, 0.25) is 0 Å². The summed E-state index contributed by atoms with van der Waals surface area (Å²) in [6, 6.07) is 9.87. The average molecular weight is 384 g/mol. The van der Waals surface area contributed by atoms with Crippen LogP contribution in [0.4, 0.5) is 11.5 Å². The summed E-state index contributed by atoms with van der Waals surface area (Å²) >= 11 is 3.28. The highest BCUT2D eigenvalue weighted by atomic mass is 79.9. The van der Waals surface area contributed by atoms with E-state index < -0.39 is 10.0 Å². The van der Waals surface area contributed by atoms with Crippen molar-refractivity contribution in [2.45, 2.75) is 18.7 Å². The van der Waals surface area contributed by atoms with E-state index in [0.717, 1.165) is 16.7 Å². The molecule has 2 rings (SSSR count). The lowest BCUT2D eigenvalue weighted by atomic mass is 10.2. The minimum absolute atomic E-state index is 0.194. The van der Waals surface area contributed by atoms with Crippen LogP contribution in [0.5, 0.6) is 0 Å². The maximum atomic E-state index is 12.2. The van der Waals surface area contributed by atoms with E-state index in [1.54, 1.807) is 30.5 Å². The molecule has 0 aliphatic rings. The summed E-state index contributed by atoms with van der Waals surface area (Å²) in [6.07, 6.45) is 1.61. The number of hydrogen-bond acceptors (Lipinski definition) is 4. The molecule has 0 aliphatic carbocycles. The number of aromatic nitrogens is 1. The van der Waals surface area contributed by atoms with Gasteiger partial charge >= 0.3 is 0 Å². The first-order valence-electron chi connectivity index (χ1n) is 6.85. The molecule has 0 fully saturated rings. The van der Waals surface area contributed by atoms with Gasteiger partial charge in [-0.25, -0.2) is 13.4 Å². The lowest BCUT2D eigenvalue weighted by Crippen LogP contribution is -2.14. The smallest absolute Gasteiger partial charge is 0.263 e. The number of anilines is 2. The molecule has 0 bridgehead atoms. The van der Waals surface area contributed by atoms with Gasteiger partial charge in [0.15, 0.2) is 0 Å². The standard InChI is InChI=1S/C15H18BrN3O2S/c1-11(2)9-17-13-5-8-15(18-10-13)19-22(20,21)14-6-3-12(16)4-7-14/h3-8,10-11,17H,9H2,1-2H3,(H,18,19). The first kappa shape index (κ1) is 16.8. The summed E-state index contributed by atoms with van der Waals surface area (Å²) in [4.78, 5) is 4.32. The predicted molar refractivity (Wildman–Crippen MR) is 92.5 cm³/mol. The van der Waals surface area contributed by atoms with Gasteiger partial charge in [0.25, 0.3) is 10.0 Å². The Morgan fingerprint density at radius 1 is 1.14 bits per heavy atom. The molecule has 5 nitrogen and oxygen atoms in total. The van der Waals surface area contributed by atoms with E-state index in [1.807, 2.05) is 0 Å². The van der Waals surface area contributed by atoms with E-state index in [4.69, 9.17) is 0 Å². The molecule has 2 N–H and O–H groups in total. The predicted octanol–water partition coefficient (Wildman–Crippen LogP) is 3.71. The summed E-state index contributed by atoms with van der Waals surface area (Å²) in [6.45, 7) is 5.06. The van der Waals surface area contributed by atoms with Gasteiger partial charge in [-0.05, 0) is 42.3 Å². The van der Waals surface area contributed by atoms with Crippen molar-refractivity contribution < 1.29 is 8.42 Å². The van der Waals surface area contributed by atoms with Crippen molar-refractivity contribution in [3.05, 3.63) is 47.1 Å². The van der Waals surface area contributed by atoms with Crippen molar-refractivity contribution in [2.75, 3.05) is 16.6 Å². The maximum Gasteiger partial charge on any atom is 0.263 e.